The molecule has 0 bridgehead atoms. The highest BCUT2D eigenvalue weighted by Gasteiger charge is 2.30. The first-order chi connectivity index (χ1) is 11.3. The molecule has 2 rings (SSSR count). The van der Waals surface area contributed by atoms with Gasteiger partial charge in [0.05, 0.1) is 22.3 Å². The minimum atomic E-state index is -4.43. The Morgan fingerprint density at radius 3 is 2.42 bits per heavy atom. The van der Waals surface area contributed by atoms with E-state index in [4.69, 9.17) is 5.11 Å². The highest BCUT2D eigenvalue weighted by atomic mass is 32.2. The van der Waals surface area contributed by atoms with Crippen LogP contribution in [0.3, 0.4) is 0 Å². The summed E-state index contributed by atoms with van der Waals surface area (Å²) in [6.45, 7) is 0. The summed E-state index contributed by atoms with van der Waals surface area (Å²) in [7, 11) is 0. The maximum Gasteiger partial charge on any atom is 0.417 e. The molecular formula is C15H17F3N2O3S. The zero-order chi connectivity index (χ0) is 17.7. The van der Waals surface area contributed by atoms with E-state index in [0.29, 0.717) is 30.7 Å². The monoisotopic (exact) mass is 362 g/mol. The molecule has 1 fully saturated rings. The van der Waals surface area contributed by atoms with Gasteiger partial charge in [-0.25, -0.2) is 4.98 Å². The van der Waals surface area contributed by atoms with Gasteiger partial charge in [-0.05, 0) is 37.8 Å². The van der Waals surface area contributed by atoms with Gasteiger partial charge in [0, 0.05) is 12.2 Å². The van der Waals surface area contributed by atoms with Crippen molar-refractivity contribution in [1.29, 1.82) is 0 Å². The molecule has 5 nitrogen and oxygen atoms in total. The second-order valence-corrected chi connectivity index (χ2v) is 6.62. The average Bonchev–Trinajstić information content (AvgIpc) is 2.53. The normalized spacial score (nSPS) is 21.3. The maximum absolute atomic E-state index is 12.4. The van der Waals surface area contributed by atoms with Gasteiger partial charge >= 0.3 is 12.1 Å². The molecule has 0 spiro atoms. The number of alkyl halides is 3. The summed E-state index contributed by atoms with van der Waals surface area (Å²) in [5, 5.41) is 12.1. The highest BCUT2D eigenvalue weighted by molar-refractivity contribution is 7.99. The third-order valence-electron chi connectivity index (χ3n) is 3.86. The summed E-state index contributed by atoms with van der Waals surface area (Å²) in [4.78, 5) is 26.4. The number of nitrogens with one attached hydrogen (secondary N) is 1. The molecule has 1 aromatic rings. The maximum atomic E-state index is 12.4. The van der Waals surface area contributed by atoms with Crippen LogP contribution >= 0.6 is 11.8 Å². The van der Waals surface area contributed by atoms with E-state index in [1.165, 1.54) is 6.07 Å². The van der Waals surface area contributed by atoms with Gasteiger partial charge in [-0.15, -0.1) is 0 Å². The number of aliphatic carboxylic acids is 1. The summed E-state index contributed by atoms with van der Waals surface area (Å²) in [5.74, 6) is -1.33. The van der Waals surface area contributed by atoms with Crippen molar-refractivity contribution < 1.29 is 27.9 Å². The lowest BCUT2D eigenvalue weighted by atomic mass is 9.86. The molecule has 1 aliphatic rings. The molecule has 0 aliphatic heterocycles. The number of carboxylic acids is 1. The Bertz CT molecular complexity index is 585. The van der Waals surface area contributed by atoms with Crippen LogP contribution in [0.15, 0.2) is 23.4 Å². The van der Waals surface area contributed by atoms with E-state index in [-0.39, 0.29) is 23.6 Å². The van der Waals surface area contributed by atoms with Gasteiger partial charge in [-0.3, -0.25) is 9.59 Å². The Labute approximate surface area is 141 Å². The average molecular weight is 362 g/mol. The van der Waals surface area contributed by atoms with E-state index in [1.54, 1.807) is 0 Å². The summed E-state index contributed by atoms with van der Waals surface area (Å²) in [6, 6.07) is 2.12. The molecular weight excluding hydrogens is 345 g/mol. The van der Waals surface area contributed by atoms with Crippen LogP contribution in [-0.2, 0) is 15.8 Å². The number of hydrogen-bond donors (Lipinski definition) is 2. The Hall–Kier alpha value is -1.77. The van der Waals surface area contributed by atoms with Crippen LogP contribution in [0.5, 0.6) is 0 Å². The van der Waals surface area contributed by atoms with E-state index < -0.39 is 17.7 Å². The van der Waals surface area contributed by atoms with Crippen molar-refractivity contribution >= 4 is 23.6 Å². The number of pyridine rings is 1. The van der Waals surface area contributed by atoms with Gasteiger partial charge < -0.3 is 10.4 Å². The molecule has 1 saturated carbocycles. The van der Waals surface area contributed by atoms with Crippen molar-refractivity contribution in [2.24, 2.45) is 5.92 Å². The van der Waals surface area contributed by atoms with Gasteiger partial charge in [0.2, 0.25) is 5.91 Å². The first-order valence-corrected chi connectivity index (χ1v) is 8.42. The molecule has 2 N–H and O–H groups in total. The van der Waals surface area contributed by atoms with Crippen molar-refractivity contribution in [2.75, 3.05) is 5.75 Å². The largest absolute Gasteiger partial charge is 0.481 e. The molecule has 0 radical (unpaired) electrons. The predicted molar refractivity (Wildman–Crippen MR) is 81.5 cm³/mol. The molecule has 9 heteroatoms. The fourth-order valence-corrected chi connectivity index (χ4v) is 3.18. The van der Waals surface area contributed by atoms with Crippen molar-refractivity contribution in [3.63, 3.8) is 0 Å². The minimum absolute atomic E-state index is 0.0470. The molecule has 0 aromatic carbocycles. The Morgan fingerprint density at radius 2 is 1.92 bits per heavy atom. The van der Waals surface area contributed by atoms with Gasteiger partial charge in [0.1, 0.15) is 0 Å². The molecule has 132 valence electrons. The standard InChI is InChI=1S/C15H17F3N2O3S/c16-15(17,18)10-3-6-13(19-7-10)24-8-12(21)20-11-4-1-9(2-5-11)14(22)23/h3,6-7,9,11H,1-2,4-5,8H2,(H,20,21)(H,22,23). The lowest BCUT2D eigenvalue weighted by molar-refractivity contribution is -0.143. The number of carboxylic acid groups (broad SMARTS) is 1. The molecule has 1 aliphatic carbocycles. The fraction of sp³-hybridized carbons (Fsp3) is 0.533. The molecule has 1 heterocycles. The van der Waals surface area contributed by atoms with Crippen molar-refractivity contribution in [3.8, 4) is 0 Å². The Morgan fingerprint density at radius 1 is 1.25 bits per heavy atom. The first kappa shape index (κ1) is 18.6. The smallest absolute Gasteiger partial charge is 0.417 e. The van der Waals surface area contributed by atoms with Crippen LogP contribution in [-0.4, -0.2) is 33.8 Å². The molecule has 24 heavy (non-hydrogen) atoms. The zero-order valence-corrected chi connectivity index (χ0v) is 13.5. The van der Waals surface area contributed by atoms with E-state index >= 15 is 0 Å². The minimum Gasteiger partial charge on any atom is -0.481 e. The summed E-state index contributed by atoms with van der Waals surface area (Å²) < 4.78 is 37.3. The van der Waals surface area contributed by atoms with E-state index in [2.05, 4.69) is 10.3 Å². The van der Waals surface area contributed by atoms with E-state index in [0.717, 1.165) is 24.0 Å². The molecule has 0 saturated heterocycles. The number of amides is 1. The van der Waals surface area contributed by atoms with Crippen LogP contribution in [0.25, 0.3) is 0 Å². The van der Waals surface area contributed by atoms with Gasteiger partial charge in [0.25, 0.3) is 0 Å². The number of hydrogen-bond acceptors (Lipinski definition) is 4. The molecule has 1 aromatic heterocycles. The fourth-order valence-electron chi connectivity index (χ4n) is 2.53. The van der Waals surface area contributed by atoms with Crippen molar-refractivity contribution in [2.45, 2.75) is 42.9 Å². The lowest BCUT2D eigenvalue weighted by Crippen LogP contribution is -2.39. The zero-order valence-electron chi connectivity index (χ0n) is 12.7. The molecule has 0 unspecified atom stereocenters. The highest BCUT2D eigenvalue weighted by Crippen LogP contribution is 2.29. The summed E-state index contributed by atoms with van der Waals surface area (Å²) in [5.41, 5.74) is -0.827. The molecule has 1 amide bonds. The van der Waals surface area contributed by atoms with Crippen LogP contribution in [0, 0.1) is 5.92 Å². The lowest BCUT2D eigenvalue weighted by Gasteiger charge is -2.26. The first-order valence-electron chi connectivity index (χ1n) is 7.44. The number of thioether (sulfide) groups is 1. The van der Waals surface area contributed by atoms with E-state index in [9.17, 15) is 22.8 Å². The van der Waals surface area contributed by atoms with Crippen LogP contribution in [0.2, 0.25) is 0 Å². The number of nitrogens with zero attached hydrogens (tertiary/aromatic N) is 1. The number of halogens is 3. The second-order valence-electron chi connectivity index (χ2n) is 5.63. The van der Waals surface area contributed by atoms with Crippen LogP contribution in [0.1, 0.15) is 31.2 Å². The number of carbonyl (C=O) groups excluding carboxylic acids is 1. The summed E-state index contributed by atoms with van der Waals surface area (Å²) in [6.07, 6.45) is -1.38. The van der Waals surface area contributed by atoms with Gasteiger partial charge in [0.15, 0.2) is 0 Å². The third-order valence-corrected chi connectivity index (χ3v) is 4.80. The van der Waals surface area contributed by atoms with E-state index in [1.807, 2.05) is 0 Å². The third kappa shape index (κ3) is 5.40. The topological polar surface area (TPSA) is 79.3 Å². The van der Waals surface area contributed by atoms with Crippen molar-refractivity contribution in [3.05, 3.63) is 23.9 Å². The Kier molecular flexibility index (Phi) is 6.09. The number of carbonyl (C=O) groups is 2. The van der Waals surface area contributed by atoms with Gasteiger partial charge in [-0.2, -0.15) is 13.2 Å². The Balaban J connectivity index is 1.75. The second kappa shape index (κ2) is 7.87. The molecule has 0 atom stereocenters. The van der Waals surface area contributed by atoms with Crippen LogP contribution < -0.4 is 5.32 Å². The van der Waals surface area contributed by atoms with Crippen molar-refractivity contribution in [1.82, 2.24) is 10.3 Å². The van der Waals surface area contributed by atoms with Crippen LogP contribution in [0.4, 0.5) is 13.2 Å². The quantitative estimate of drug-likeness (QED) is 0.788. The number of aromatic nitrogens is 1. The SMILES string of the molecule is O=C(CSc1ccc(C(F)(F)F)cn1)NC1CCC(C(=O)O)CC1. The summed E-state index contributed by atoms with van der Waals surface area (Å²) >= 11 is 1.06. The number of rotatable bonds is 5. The van der Waals surface area contributed by atoms with Gasteiger partial charge in [-0.1, -0.05) is 11.8 Å². The predicted octanol–water partition coefficient (Wildman–Crippen LogP) is 2.95.